The van der Waals surface area contributed by atoms with Gasteiger partial charge in [0.2, 0.25) is 17.8 Å². The number of nitrogens with zero attached hydrogens (tertiary/aromatic N) is 4. The van der Waals surface area contributed by atoms with E-state index in [-0.39, 0.29) is 16.9 Å². The molecule has 0 saturated carbocycles. The van der Waals surface area contributed by atoms with Gasteiger partial charge in [0.15, 0.2) is 0 Å². The molecule has 1 aliphatic rings. The minimum Gasteiger partial charge on any atom is -0.368 e. The zero-order valence-corrected chi connectivity index (χ0v) is 13.9. The molecule has 2 rings (SSSR count). The number of aromatic nitrogens is 3. The van der Waals surface area contributed by atoms with Gasteiger partial charge in [0, 0.05) is 18.6 Å². The van der Waals surface area contributed by atoms with Crippen molar-refractivity contribution in [1.82, 2.24) is 15.0 Å². The number of hydrogen-bond acceptors (Lipinski definition) is 6. The lowest BCUT2D eigenvalue weighted by molar-refractivity contribution is 0.301. The Morgan fingerprint density at radius 3 is 2.24 bits per heavy atom. The highest BCUT2D eigenvalue weighted by Gasteiger charge is 2.27. The van der Waals surface area contributed by atoms with Crippen LogP contribution in [0.1, 0.15) is 53.9 Å². The van der Waals surface area contributed by atoms with Crippen molar-refractivity contribution in [3.8, 4) is 0 Å². The van der Waals surface area contributed by atoms with Gasteiger partial charge >= 0.3 is 0 Å². The molecule has 1 aromatic heterocycles. The summed E-state index contributed by atoms with van der Waals surface area (Å²) in [6.45, 7) is 13.0. The van der Waals surface area contributed by atoms with Crippen molar-refractivity contribution in [2.75, 3.05) is 29.0 Å². The van der Waals surface area contributed by atoms with Crippen molar-refractivity contribution in [2.45, 2.75) is 59.4 Å². The molecule has 1 aromatic rings. The molecule has 1 aliphatic heterocycles. The maximum Gasteiger partial charge on any atom is 0.231 e. The van der Waals surface area contributed by atoms with Crippen molar-refractivity contribution in [3.05, 3.63) is 0 Å². The molecule has 0 bridgehead atoms. The number of anilines is 3. The third-order valence-electron chi connectivity index (χ3n) is 3.45. The van der Waals surface area contributed by atoms with Crippen molar-refractivity contribution in [2.24, 2.45) is 5.41 Å². The minimum absolute atomic E-state index is 0.103. The first-order valence-electron chi connectivity index (χ1n) is 7.69. The quantitative estimate of drug-likeness (QED) is 0.888. The Hall–Kier alpha value is -1.59. The van der Waals surface area contributed by atoms with E-state index in [9.17, 15) is 0 Å². The van der Waals surface area contributed by atoms with Gasteiger partial charge in [0.05, 0.1) is 0 Å². The lowest BCUT2D eigenvalue weighted by atomic mass is 9.82. The molecule has 0 atom stereocenters. The van der Waals surface area contributed by atoms with Crippen LogP contribution >= 0.6 is 0 Å². The van der Waals surface area contributed by atoms with E-state index in [1.165, 1.54) is 12.8 Å². The standard InChI is InChI=1S/C15H28N6/c1-14(2,3)10-15(4,5)20-12-17-11(16)18-13(19-12)21-8-6-7-9-21/h6-10H2,1-5H3,(H3,16,17,18,19,20). The van der Waals surface area contributed by atoms with Gasteiger partial charge in [0.25, 0.3) is 0 Å². The van der Waals surface area contributed by atoms with Crippen molar-refractivity contribution < 1.29 is 0 Å². The fourth-order valence-corrected chi connectivity index (χ4v) is 3.17. The predicted molar refractivity (Wildman–Crippen MR) is 87.5 cm³/mol. The Kier molecular flexibility index (Phi) is 4.25. The van der Waals surface area contributed by atoms with Gasteiger partial charge in [-0.05, 0) is 38.5 Å². The molecule has 6 heteroatoms. The van der Waals surface area contributed by atoms with Gasteiger partial charge < -0.3 is 16.0 Å². The Balaban J connectivity index is 2.16. The van der Waals surface area contributed by atoms with Crippen LogP contribution < -0.4 is 16.0 Å². The summed E-state index contributed by atoms with van der Waals surface area (Å²) in [6, 6.07) is 0. The molecule has 118 valence electrons. The molecule has 21 heavy (non-hydrogen) atoms. The van der Waals surface area contributed by atoms with Crippen LogP contribution in [0.25, 0.3) is 0 Å². The number of nitrogens with one attached hydrogen (secondary N) is 1. The van der Waals surface area contributed by atoms with Crippen LogP contribution in [0.15, 0.2) is 0 Å². The smallest absolute Gasteiger partial charge is 0.231 e. The third kappa shape index (κ3) is 4.72. The van der Waals surface area contributed by atoms with E-state index in [0.717, 1.165) is 19.5 Å². The second kappa shape index (κ2) is 5.66. The first kappa shape index (κ1) is 15.8. The summed E-state index contributed by atoms with van der Waals surface area (Å²) in [6.07, 6.45) is 3.37. The SMILES string of the molecule is CC(C)(C)CC(C)(C)Nc1nc(N)nc(N2CCCC2)n1. The first-order valence-corrected chi connectivity index (χ1v) is 7.69. The first-order chi connectivity index (χ1) is 9.65. The largest absolute Gasteiger partial charge is 0.368 e. The van der Waals surface area contributed by atoms with Crippen molar-refractivity contribution in [1.29, 1.82) is 0 Å². The van der Waals surface area contributed by atoms with E-state index in [1.54, 1.807) is 0 Å². The van der Waals surface area contributed by atoms with E-state index < -0.39 is 0 Å². The molecule has 1 fully saturated rings. The fraction of sp³-hybridized carbons (Fsp3) is 0.800. The van der Waals surface area contributed by atoms with Crippen LogP contribution in [0.2, 0.25) is 0 Å². The molecule has 0 aliphatic carbocycles. The highest BCUT2D eigenvalue weighted by molar-refractivity contribution is 5.43. The average Bonchev–Trinajstić information content (AvgIpc) is 2.76. The van der Waals surface area contributed by atoms with E-state index in [2.05, 4.69) is 59.8 Å². The molecular weight excluding hydrogens is 264 g/mol. The van der Waals surface area contributed by atoms with Crippen LogP contribution in [0, 0.1) is 5.41 Å². The lowest BCUT2D eigenvalue weighted by Crippen LogP contribution is -2.36. The molecule has 0 aromatic carbocycles. The van der Waals surface area contributed by atoms with E-state index in [1.807, 2.05) is 0 Å². The summed E-state index contributed by atoms with van der Waals surface area (Å²) >= 11 is 0. The molecule has 0 unspecified atom stereocenters. The normalized spacial score (nSPS) is 16.3. The maximum absolute atomic E-state index is 5.84. The highest BCUT2D eigenvalue weighted by atomic mass is 15.3. The minimum atomic E-state index is -0.103. The molecule has 3 N–H and O–H groups in total. The predicted octanol–water partition coefficient (Wildman–Crippen LogP) is 2.68. The fourth-order valence-electron chi connectivity index (χ4n) is 3.17. The summed E-state index contributed by atoms with van der Waals surface area (Å²) in [5.41, 5.74) is 5.97. The van der Waals surface area contributed by atoms with Gasteiger partial charge in [-0.15, -0.1) is 0 Å². The summed E-state index contributed by atoms with van der Waals surface area (Å²) in [4.78, 5) is 15.2. The van der Waals surface area contributed by atoms with E-state index in [0.29, 0.717) is 11.9 Å². The average molecular weight is 292 g/mol. The third-order valence-corrected chi connectivity index (χ3v) is 3.45. The maximum atomic E-state index is 5.84. The van der Waals surface area contributed by atoms with Gasteiger partial charge in [0.1, 0.15) is 0 Å². The highest BCUT2D eigenvalue weighted by Crippen LogP contribution is 2.29. The molecule has 2 heterocycles. The van der Waals surface area contributed by atoms with Crippen LogP contribution in [0.5, 0.6) is 0 Å². The van der Waals surface area contributed by atoms with Crippen molar-refractivity contribution >= 4 is 17.8 Å². The summed E-state index contributed by atoms with van der Waals surface area (Å²) in [7, 11) is 0. The van der Waals surface area contributed by atoms with Crippen molar-refractivity contribution in [3.63, 3.8) is 0 Å². The van der Waals surface area contributed by atoms with Crippen LogP contribution in [0.4, 0.5) is 17.8 Å². The van der Waals surface area contributed by atoms with Gasteiger partial charge in [-0.3, -0.25) is 0 Å². The molecular formula is C15H28N6. The summed E-state index contributed by atoms with van der Waals surface area (Å²) < 4.78 is 0. The second-order valence-electron chi connectivity index (χ2n) is 7.76. The Morgan fingerprint density at radius 2 is 1.67 bits per heavy atom. The summed E-state index contributed by atoms with van der Waals surface area (Å²) in [5, 5.41) is 3.41. The number of nitrogens with two attached hydrogens (primary N) is 1. The van der Waals surface area contributed by atoms with Crippen LogP contribution in [0.3, 0.4) is 0 Å². The van der Waals surface area contributed by atoms with Gasteiger partial charge in [-0.25, -0.2) is 0 Å². The lowest BCUT2D eigenvalue weighted by Gasteiger charge is -2.33. The monoisotopic (exact) mass is 292 g/mol. The zero-order valence-electron chi connectivity index (χ0n) is 13.9. The zero-order chi connectivity index (χ0) is 15.7. The Morgan fingerprint density at radius 1 is 1.05 bits per heavy atom. The van der Waals surface area contributed by atoms with Gasteiger partial charge in [-0.1, -0.05) is 20.8 Å². The van der Waals surface area contributed by atoms with E-state index in [4.69, 9.17) is 5.73 Å². The molecule has 6 nitrogen and oxygen atoms in total. The molecule has 1 saturated heterocycles. The van der Waals surface area contributed by atoms with Gasteiger partial charge in [-0.2, -0.15) is 15.0 Å². The molecule has 0 amide bonds. The van der Waals surface area contributed by atoms with Crippen LogP contribution in [-0.2, 0) is 0 Å². The molecule has 0 spiro atoms. The summed E-state index contributed by atoms with van der Waals surface area (Å²) in [5.74, 6) is 1.54. The number of hydrogen-bond donors (Lipinski definition) is 2. The topological polar surface area (TPSA) is 80.0 Å². The van der Waals surface area contributed by atoms with Crippen LogP contribution in [-0.4, -0.2) is 33.6 Å². The Bertz CT molecular complexity index is 485. The second-order valence-corrected chi connectivity index (χ2v) is 7.76. The van der Waals surface area contributed by atoms with E-state index >= 15 is 0 Å². The number of nitrogen functional groups attached to an aromatic ring is 1. The number of rotatable bonds is 4. The Labute approximate surface area is 127 Å². The molecule has 0 radical (unpaired) electrons.